The number of hydrogen-bond donors (Lipinski definition) is 0. The first kappa shape index (κ1) is 35.2. The second-order valence-electron chi connectivity index (χ2n) is 16.5. The van der Waals surface area contributed by atoms with E-state index in [1.807, 2.05) is 0 Å². The van der Waals surface area contributed by atoms with Crippen LogP contribution in [0.3, 0.4) is 0 Å². The lowest BCUT2D eigenvalue weighted by atomic mass is 9.68. The molecule has 0 radical (unpaired) electrons. The van der Waals surface area contributed by atoms with Crippen LogP contribution in [0.5, 0.6) is 0 Å². The maximum absolute atomic E-state index is 2.50. The highest BCUT2D eigenvalue weighted by atomic mass is 28.3. The molecule has 0 atom stereocenters. The van der Waals surface area contributed by atoms with Crippen LogP contribution < -0.4 is 15.3 Å². The zero-order chi connectivity index (χ0) is 39.6. The normalized spacial score (nSPS) is 13.9. The monoisotopic (exact) mass is 769 g/mol. The average Bonchev–Trinajstić information content (AvgIpc) is 3.73. The van der Waals surface area contributed by atoms with E-state index in [9.17, 15) is 0 Å². The van der Waals surface area contributed by atoms with Crippen molar-refractivity contribution in [3.63, 3.8) is 0 Å². The van der Waals surface area contributed by atoms with Crippen molar-refractivity contribution < 1.29 is 0 Å². The highest BCUT2D eigenvalue weighted by Crippen LogP contribution is 2.56. The van der Waals surface area contributed by atoms with Gasteiger partial charge >= 0.3 is 0 Å². The van der Waals surface area contributed by atoms with Gasteiger partial charge in [0, 0.05) is 17.1 Å². The largest absolute Gasteiger partial charge is 0.310 e. The highest BCUT2D eigenvalue weighted by molar-refractivity contribution is 7.03. The van der Waals surface area contributed by atoms with E-state index >= 15 is 0 Å². The first-order valence-corrected chi connectivity index (χ1v) is 23.7. The zero-order valence-electron chi connectivity index (χ0n) is 33.3. The van der Waals surface area contributed by atoms with Crippen molar-refractivity contribution in [2.75, 3.05) is 4.90 Å². The number of benzene rings is 9. The number of fused-ring (bicyclic) bond motifs is 6. The minimum absolute atomic E-state index is 0.458. The second kappa shape index (κ2) is 13.8. The standard InChI is InChI=1S/C57H43NSi/c1-59(2)55-29-17-14-26-51(55)52-35-34-47(39-56(52)59)58(48-37-42(40-18-6-3-7-19-40)36-43(38-48)41-20-8-4-9-21-41)46-32-30-45(31-33-46)57(44-22-10-5-11-23-44)53-27-15-12-24-49(53)50-25-13-16-28-54(50)57/h3-39H,1-2H3. The quantitative estimate of drug-likeness (QED) is 0.146. The molecule has 1 nitrogen and oxygen atoms in total. The molecular weight excluding hydrogens is 727 g/mol. The van der Waals surface area contributed by atoms with Crippen molar-refractivity contribution in [3.8, 4) is 44.5 Å². The van der Waals surface area contributed by atoms with Crippen LogP contribution in [0.25, 0.3) is 44.5 Å². The fourth-order valence-corrected chi connectivity index (χ4v) is 13.3. The summed E-state index contributed by atoms with van der Waals surface area (Å²) in [6, 6.07) is 83.5. The van der Waals surface area contributed by atoms with Gasteiger partial charge in [-0.2, -0.15) is 0 Å². The third-order valence-electron chi connectivity index (χ3n) is 12.9. The van der Waals surface area contributed by atoms with E-state index in [0.717, 1.165) is 11.4 Å². The van der Waals surface area contributed by atoms with Crippen LogP contribution in [0.1, 0.15) is 22.3 Å². The van der Waals surface area contributed by atoms with Crippen molar-refractivity contribution >= 4 is 35.5 Å². The molecule has 0 unspecified atom stereocenters. The molecule has 2 heteroatoms. The molecule has 0 amide bonds. The Labute approximate surface area is 348 Å². The lowest BCUT2D eigenvalue weighted by Gasteiger charge is -2.34. The summed E-state index contributed by atoms with van der Waals surface area (Å²) in [5.74, 6) is 0. The SMILES string of the molecule is C[Si]1(C)c2ccccc2-c2ccc(N(c3ccc(C4(c5ccccc5)c5ccccc5-c5ccccc54)cc3)c3cc(-c4ccccc4)cc(-c4ccccc4)c3)cc21. The lowest BCUT2D eigenvalue weighted by molar-refractivity contribution is 0.768. The third kappa shape index (κ3) is 5.51. The molecule has 1 heterocycles. The van der Waals surface area contributed by atoms with Crippen LogP contribution in [0.2, 0.25) is 13.1 Å². The summed E-state index contributed by atoms with van der Waals surface area (Å²) in [5, 5.41) is 3.01. The first-order chi connectivity index (χ1) is 29.0. The van der Waals surface area contributed by atoms with E-state index < -0.39 is 13.5 Å². The Hall–Kier alpha value is -7.00. The third-order valence-corrected chi connectivity index (χ3v) is 16.5. The molecule has 9 aromatic carbocycles. The van der Waals surface area contributed by atoms with Gasteiger partial charge in [0.1, 0.15) is 8.07 Å². The van der Waals surface area contributed by atoms with Gasteiger partial charge in [0.2, 0.25) is 0 Å². The number of nitrogens with zero attached hydrogens (tertiary/aromatic N) is 1. The molecular formula is C57H43NSi. The van der Waals surface area contributed by atoms with Crippen LogP contribution >= 0.6 is 0 Å². The minimum Gasteiger partial charge on any atom is -0.310 e. The molecule has 0 saturated carbocycles. The number of hydrogen-bond acceptors (Lipinski definition) is 1. The van der Waals surface area contributed by atoms with Gasteiger partial charge in [0.15, 0.2) is 0 Å². The van der Waals surface area contributed by atoms with E-state index in [0.29, 0.717) is 0 Å². The maximum atomic E-state index is 2.50. The topological polar surface area (TPSA) is 3.24 Å². The fourth-order valence-electron chi connectivity index (χ4n) is 10.2. The Bertz CT molecular complexity index is 2900. The van der Waals surface area contributed by atoms with Gasteiger partial charge in [0.05, 0.1) is 5.41 Å². The maximum Gasteiger partial charge on any atom is 0.113 e. The van der Waals surface area contributed by atoms with Crippen molar-refractivity contribution in [3.05, 3.63) is 247 Å². The summed E-state index contributed by atoms with van der Waals surface area (Å²) in [7, 11) is -1.96. The Balaban J connectivity index is 1.14. The van der Waals surface area contributed by atoms with E-state index in [1.165, 1.54) is 82.8 Å². The van der Waals surface area contributed by atoms with Gasteiger partial charge < -0.3 is 4.90 Å². The van der Waals surface area contributed by atoms with Gasteiger partial charge in [-0.25, -0.2) is 0 Å². The molecule has 0 aromatic heterocycles. The van der Waals surface area contributed by atoms with Crippen molar-refractivity contribution in [2.45, 2.75) is 18.5 Å². The number of rotatable bonds is 7. The van der Waals surface area contributed by atoms with Gasteiger partial charge in [-0.15, -0.1) is 0 Å². The summed E-state index contributed by atoms with van der Waals surface area (Å²) in [6.45, 7) is 5.01. The van der Waals surface area contributed by atoms with E-state index in [1.54, 1.807) is 0 Å². The molecule has 0 N–H and O–H groups in total. The predicted octanol–water partition coefficient (Wildman–Crippen LogP) is 13.7. The van der Waals surface area contributed by atoms with Crippen LogP contribution in [-0.4, -0.2) is 8.07 Å². The molecule has 11 rings (SSSR count). The van der Waals surface area contributed by atoms with E-state index in [4.69, 9.17) is 0 Å². The van der Waals surface area contributed by atoms with Crippen molar-refractivity contribution in [1.82, 2.24) is 0 Å². The van der Waals surface area contributed by atoms with Gasteiger partial charge in [-0.1, -0.05) is 195 Å². The Morgan fingerprint density at radius 1 is 0.322 bits per heavy atom. The molecule has 59 heavy (non-hydrogen) atoms. The zero-order valence-corrected chi connectivity index (χ0v) is 34.3. The van der Waals surface area contributed by atoms with Crippen LogP contribution in [0.15, 0.2) is 224 Å². The molecule has 280 valence electrons. The molecule has 1 aliphatic heterocycles. The second-order valence-corrected chi connectivity index (χ2v) is 20.8. The molecule has 1 aliphatic carbocycles. The van der Waals surface area contributed by atoms with E-state index in [-0.39, 0.29) is 0 Å². The summed E-state index contributed by atoms with van der Waals surface area (Å²) in [4.78, 5) is 2.49. The first-order valence-electron chi connectivity index (χ1n) is 20.7. The Kier molecular flexibility index (Phi) is 8.25. The van der Waals surface area contributed by atoms with Crippen molar-refractivity contribution in [1.29, 1.82) is 0 Å². The molecule has 0 bridgehead atoms. The Morgan fingerprint density at radius 3 is 1.37 bits per heavy atom. The summed E-state index contributed by atoms with van der Waals surface area (Å²) >= 11 is 0. The summed E-state index contributed by atoms with van der Waals surface area (Å²) in [5.41, 5.74) is 18.3. The van der Waals surface area contributed by atoms with Crippen LogP contribution in [0.4, 0.5) is 17.1 Å². The minimum atomic E-state index is -1.96. The lowest BCUT2D eigenvalue weighted by Crippen LogP contribution is -2.49. The highest BCUT2D eigenvalue weighted by Gasteiger charge is 2.46. The fraction of sp³-hybridized carbons (Fsp3) is 0.0526. The summed E-state index contributed by atoms with van der Waals surface area (Å²) in [6.07, 6.45) is 0. The molecule has 9 aromatic rings. The molecule has 0 fully saturated rings. The van der Waals surface area contributed by atoms with Gasteiger partial charge in [-0.3, -0.25) is 0 Å². The predicted molar refractivity (Wildman–Crippen MR) is 251 cm³/mol. The molecule has 2 aliphatic rings. The van der Waals surface area contributed by atoms with E-state index in [2.05, 4.69) is 242 Å². The smallest absolute Gasteiger partial charge is 0.113 e. The summed E-state index contributed by atoms with van der Waals surface area (Å²) < 4.78 is 0. The Morgan fingerprint density at radius 2 is 0.780 bits per heavy atom. The molecule has 0 spiro atoms. The van der Waals surface area contributed by atoms with Gasteiger partial charge in [0.25, 0.3) is 0 Å². The average molecular weight is 770 g/mol. The molecule has 0 saturated heterocycles. The van der Waals surface area contributed by atoms with Crippen molar-refractivity contribution in [2.24, 2.45) is 0 Å². The van der Waals surface area contributed by atoms with Gasteiger partial charge in [-0.05, 0) is 120 Å². The van der Waals surface area contributed by atoms with Crippen LogP contribution in [-0.2, 0) is 5.41 Å². The van der Waals surface area contributed by atoms with Crippen LogP contribution in [0, 0.1) is 0 Å². The number of anilines is 3.